The second-order valence-electron chi connectivity index (χ2n) is 23.1. The van der Waals surface area contributed by atoms with E-state index in [-0.39, 0.29) is 23.7 Å². The number of aliphatic hydroxyl groups excluding tert-OH is 12. The SMILES string of the molecule is CC(C)=CCC[C@](C)(O[C@@H]1O[C@H](CO)[C@@H](O)[C@H](O)[C@H]1O)[C@H]1CC[C@]2(C)[C@@H]1[C@H](O)C[C@@H]1[C@@]3(C)CC[C@H](O)C(C)(C)[C@@H]3[C@@H](O[C@@H]3O[C@H](CO[C@@H]4O[C@@H](C)[C@H](O)[C@@H](O)[C@H]4O)[C@@H](O)[C@H](O)[C@H]3O)C[C@]12C. The normalized spacial score (nSPS) is 53.5. The highest BCUT2D eigenvalue weighted by molar-refractivity contribution is 5.22. The topological polar surface area (TPSA) is 298 Å². The van der Waals surface area contributed by atoms with E-state index in [0.717, 1.165) is 5.57 Å². The van der Waals surface area contributed by atoms with Gasteiger partial charge in [-0.25, -0.2) is 0 Å². The lowest BCUT2D eigenvalue weighted by molar-refractivity contribution is -0.356. The Hall–Kier alpha value is -0.980. The Kier molecular flexibility index (Phi) is 15.4. The summed E-state index contributed by atoms with van der Waals surface area (Å²) in [7, 11) is 0. The van der Waals surface area contributed by atoms with Crippen molar-refractivity contribution in [2.24, 2.45) is 45.3 Å². The maximum Gasteiger partial charge on any atom is 0.187 e. The fraction of sp³-hybridized carbons (Fsp3) is 0.958. The zero-order valence-electron chi connectivity index (χ0n) is 40.2. The minimum atomic E-state index is -1.74. The molecule has 3 aliphatic heterocycles. The summed E-state index contributed by atoms with van der Waals surface area (Å²) < 4.78 is 37.3. The molecule has 18 heteroatoms. The van der Waals surface area contributed by atoms with Crippen LogP contribution in [0.5, 0.6) is 0 Å². The molecule has 12 N–H and O–H groups in total. The van der Waals surface area contributed by atoms with Gasteiger partial charge in [0.25, 0.3) is 0 Å². The lowest BCUT2D eigenvalue weighted by Gasteiger charge is -2.72. The van der Waals surface area contributed by atoms with Crippen molar-refractivity contribution >= 4 is 0 Å². The Morgan fingerprint density at radius 2 is 1.29 bits per heavy atom. The number of aliphatic hydroxyl groups is 12. The number of rotatable bonds is 12. The molecule has 3 saturated heterocycles. The third-order valence-corrected chi connectivity index (χ3v) is 18.7. The highest BCUT2D eigenvalue weighted by Crippen LogP contribution is 2.76. The third-order valence-electron chi connectivity index (χ3n) is 18.7. The van der Waals surface area contributed by atoms with Gasteiger partial charge in [-0.2, -0.15) is 0 Å². The molecule has 0 aromatic rings. The molecule has 0 spiro atoms. The van der Waals surface area contributed by atoms with Crippen molar-refractivity contribution in [2.45, 2.75) is 230 Å². The van der Waals surface area contributed by atoms with Gasteiger partial charge in [0, 0.05) is 0 Å². The molecule has 382 valence electrons. The van der Waals surface area contributed by atoms with Crippen molar-refractivity contribution < 1.29 is 89.7 Å². The van der Waals surface area contributed by atoms with Crippen LogP contribution in [0.1, 0.15) is 114 Å². The maximum absolute atomic E-state index is 12.7. The van der Waals surface area contributed by atoms with E-state index in [1.54, 1.807) is 0 Å². The lowest BCUT2D eigenvalue weighted by Crippen LogP contribution is -2.71. The van der Waals surface area contributed by atoms with E-state index in [1.807, 2.05) is 34.6 Å². The fourth-order valence-corrected chi connectivity index (χ4v) is 14.8. The van der Waals surface area contributed by atoms with Crippen molar-refractivity contribution in [3.8, 4) is 0 Å². The largest absolute Gasteiger partial charge is 0.394 e. The van der Waals surface area contributed by atoms with Gasteiger partial charge in [-0.05, 0) is 124 Å². The van der Waals surface area contributed by atoms with Crippen LogP contribution in [0.4, 0.5) is 0 Å². The summed E-state index contributed by atoms with van der Waals surface area (Å²) >= 11 is 0. The summed E-state index contributed by atoms with van der Waals surface area (Å²) in [4.78, 5) is 0. The van der Waals surface area contributed by atoms with Crippen molar-refractivity contribution in [1.29, 1.82) is 0 Å². The third kappa shape index (κ3) is 8.79. The Bertz CT molecular complexity index is 1700. The Morgan fingerprint density at radius 1 is 0.697 bits per heavy atom. The number of ether oxygens (including phenoxy) is 6. The van der Waals surface area contributed by atoms with Crippen molar-refractivity contribution in [1.82, 2.24) is 0 Å². The zero-order chi connectivity index (χ0) is 48.8. The van der Waals surface area contributed by atoms with E-state index >= 15 is 0 Å². The molecule has 7 aliphatic rings. The van der Waals surface area contributed by atoms with Gasteiger partial charge in [-0.15, -0.1) is 0 Å². The predicted molar refractivity (Wildman–Crippen MR) is 234 cm³/mol. The standard InChI is InChI=1S/C48H82O18/c1-21(2)11-10-14-48(9,66-43-39(60)35(56)32(53)26(19-49)64-43)23-12-16-46(7)30(23)24(50)17-28-45(6)15-13-29(51)44(4,5)40(45)25(18-47(28,46)8)63-42-38(59)36(57)33(54)27(65-42)20-61-41-37(58)34(55)31(52)22(3)62-41/h11,22-43,49-60H,10,12-20H2,1-9H3/t22-,23-,24+,25-,26+,27+,28+,29-,30-,31-,32+,33+,34+,35-,36-,37+,38+,39+,40-,41+,42+,43-,45+,46+,47+,48-/m0/s1. The number of fused-ring (bicyclic) bond motifs is 5. The van der Waals surface area contributed by atoms with Gasteiger partial charge in [0.15, 0.2) is 18.9 Å². The van der Waals surface area contributed by atoms with Gasteiger partial charge < -0.3 is 89.7 Å². The highest BCUT2D eigenvalue weighted by atomic mass is 16.7. The van der Waals surface area contributed by atoms with Gasteiger partial charge in [-0.1, -0.05) is 46.3 Å². The van der Waals surface area contributed by atoms with Crippen LogP contribution in [0, 0.1) is 45.3 Å². The summed E-state index contributed by atoms with van der Waals surface area (Å²) in [5, 5.41) is 132. The van der Waals surface area contributed by atoms with Crippen molar-refractivity contribution in [2.75, 3.05) is 13.2 Å². The van der Waals surface area contributed by atoms with E-state index in [1.165, 1.54) is 6.92 Å². The summed E-state index contributed by atoms with van der Waals surface area (Å²) in [6.07, 6.45) is -17.8. The molecule has 66 heavy (non-hydrogen) atoms. The van der Waals surface area contributed by atoms with Crippen molar-refractivity contribution in [3.05, 3.63) is 11.6 Å². The van der Waals surface area contributed by atoms with Gasteiger partial charge >= 0.3 is 0 Å². The predicted octanol–water partition coefficient (Wildman–Crippen LogP) is -0.0284. The summed E-state index contributed by atoms with van der Waals surface area (Å²) in [6.45, 7) is 17.1. The van der Waals surface area contributed by atoms with E-state index in [2.05, 4.69) is 26.8 Å². The van der Waals surface area contributed by atoms with Crippen LogP contribution in [0.3, 0.4) is 0 Å². The Morgan fingerprint density at radius 3 is 1.92 bits per heavy atom. The molecule has 0 aromatic carbocycles. The lowest BCUT2D eigenvalue weighted by atomic mass is 9.34. The minimum absolute atomic E-state index is 0.0659. The van der Waals surface area contributed by atoms with Crippen LogP contribution in [-0.4, -0.2) is 191 Å². The smallest absolute Gasteiger partial charge is 0.187 e. The number of hydrogen-bond donors (Lipinski definition) is 12. The van der Waals surface area contributed by atoms with Crippen LogP contribution in [0.2, 0.25) is 0 Å². The van der Waals surface area contributed by atoms with Crippen LogP contribution >= 0.6 is 0 Å². The zero-order valence-corrected chi connectivity index (χ0v) is 40.2. The Labute approximate surface area is 388 Å². The first-order chi connectivity index (χ1) is 30.7. The van der Waals surface area contributed by atoms with Crippen LogP contribution in [-0.2, 0) is 28.4 Å². The summed E-state index contributed by atoms with van der Waals surface area (Å²) in [5.74, 6) is -1.04. The van der Waals surface area contributed by atoms with Gasteiger partial charge in [0.1, 0.15) is 67.1 Å². The molecule has 0 bridgehead atoms. The molecule has 0 aromatic heterocycles. The first-order valence-electron chi connectivity index (χ1n) is 24.3. The monoisotopic (exact) mass is 947 g/mol. The maximum atomic E-state index is 12.7. The minimum Gasteiger partial charge on any atom is -0.394 e. The van der Waals surface area contributed by atoms with Crippen molar-refractivity contribution in [3.63, 3.8) is 0 Å². The highest BCUT2D eigenvalue weighted by Gasteiger charge is 2.74. The Balaban J connectivity index is 1.21. The van der Waals surface area contributed by atoms with E-state index in [4.69, 9.17) is 28.4 Å². The molecule has 0 amide bonds. The van der Waals surface area contributed by atoms with E-state index in [9.17, 15) is 61.3 Å². The molecule has 4 aliphatic carbocycles. The fourth-order valence-electron chi connectivity index (χ4n) is 14.8. The van der Waals surface area contributed by atoms with Crippen LogP contribution < -0.4 is 0 Å². The van der Waals surface area contributed by atoms with Crippen LogP contribution in [0.15, 0.2) is 11.6 Å². The average Bonchev–Trinajstić information content (AvgIpc) is 3.64. The number of hydrogen-bond acceptors (Lipinski definition) is 18. The quantitative estimate of drug-likeness (QED) is 0.0904. The molecule has 7 fully saturated rings. The molecule has 0 radical (unpaired) electrons. The molecule has 26 atom stereocenters. The second-order valence-corrected chi connectivity index (χ2v) is 23.1. The van der Waals surface area contributed by atoms with E-state index in [0.29, 0.717) is 51.4 Å². The molecule has 4 saturated carbocycles. The molecule has 7 rings (SSSR count). The molecular weight excluding hydrogens is 865 g/mol. The molecule has 18 nitrogen and oxygen atoms in total. The van der Waals surface area contributed by atoms with Gasteiger partial charge in [-0.3, -0.25) is 0 Å². The average molecular weight is 947 g/mol. The summed E-state index contributed by atoms with van der Waals surface area (Å²) in [5.41, 5.74) is -2.31. The first-order valence-corrected chi connectivity index (χ1v) is 24.3. The van der Waals surface area contributed by atoms with Gasteiger partial charge in [0.05, 0.1) is 43.2 Å². The molecule has 0 unspecified atom stereocenters. The summed E-state index contributed by atoms with van der Waals surface area (Å²) in [6, 6.07) is 0. The van der Waals surface area contributed by atoms with Gasteiger partial charge in [0.2, 0.25) is 0 Å². The first kappa shape index (κ1) is 52.8. The number of allylic oxidation sites excluding steroid dienone is 2. The molecule has 3 heterocycles. The molecular formula is C48H82O18. The second kappa shape index (κ2) is 19.2. The van der Waals surface area contributed by atoms with E-state index < -0.39 is 151 Å². The van der Waals surface area contributed by atoms with Crippen LogP contribution in [0.25, 0.3) is 0 Å².